The number of aryl methyl sites for hydroxylation is 1. The van der Waals surface area contributed by atoms with Crippen molar-refractivity contribution in [2.45, 2.75) is 12.8 Å². The predicted molar refractivity (Wildman–Crippen MR) is 132 cm³/mol. The highest BCUT2D eigenvalue weighted by Gasteiger charge is 2.45. The molecule has 156 valence electrons. The summed E-state index contributed by atoms with van der Waals surface area (Å²) in [6.07, 6.45) is 3.81. The van der Waals surface area contributed by atoms with Crippen LogP contribution in [0.4, 0.5) is 0 Å². The van der Waals surface area contributed by atoms with Gasteiger partial charge in [-0.05, 0) is 36.4 Å². The van der Waals surface area contributed by atoms with E-state index < -0.39 is 7.26 Å². The van der Waals surface area contributed by atoms with Crippen molar-refractivity contribution in [3.05, 3.63) is 103 Å². The van der Waals surface area contributed by atoms with Crippen molar-refractivity contribution >= 4 is 40.1 Å². The van der Waals surface area contributed by atoms with Gasteiger partial charge in [0.1, 0.15) is 23.2 Å². The first-order chi connectivity index (χ1) is 15.3. The number of rotatable bonds is 9. The highest BCUT2D eigenvalue weighted by molar-refractivity contribution is 8.13. The largest absolute Gasteiger partial charge is 0.287 e. The minimum absolute atomic E-state index is 0.232. The Morgan fingerprint density at radius 2 is 1.32 bits per heavy atom. The van der Waals surface area contributed by atoms with Gasteiger partial charge in [0, 0.05) is 12.2 Å². The van der Waals surface area contributed by atoms with Crippen molar-refractivity contribution in [2.24, 2.45) is 0 Å². The van der Waals surface area contributed by atoms with E-state index in [2.05, 4.69) is 106 Å². The van der Waals surface area contributed by atoms with Crippen molar-refractivity contribution < 1.29 is 4.79 Å². The third-order valence-corrected chi connectivity index (χ3v) is 10.7. The van der Waals surface area contributed by atoms with E-state index in [1.807, 2.05) is 0 Å². The third-order valence-electron chi connectivity index (χ3n) is 5.33. The van der Waals surface area contributed by atoms with Crippen molar-refractivity contribution in [1.29, 1.82) is 0 Å². The molecule has 4 nitrogen and oxygen atoms in total. The normalized spacial score (nSPS) is 11.4. The Hall–Kier alpha value is -2.75. The summed E-state index contributed by atoms with van der Waals surface area (Å²) in [7, 11) is -1.95. The van der Waals surface area contributed by atoms with Crippen LogP contribution in [0.1, 0.15) is 12.1 Å². The second-order valence-electron chi connectivity index (χ2n) is 7.22. The summed E-state index contributed by atoms with van der Waals surface area (Å²) >= 11 is 1.40. The molecule has 1 aromatic heterocycles. The molecule has 0 unspecified atom stereocenters. The first-order valence-electron chi connectivity index (χ1n) is 10.3. The molecule has 3 aromatic carbocycles. The number of carbonyl (C=O) groups is 1. The number of aromatic nitrogens is 3. The minimum Gasteiger partial charge on any atom is -0.287 e. The van der Waals surface area contributed by atoms with Crippen molar-refractivity contribution in [3.8, 4) is 0 Å². The molecular formula is C25H25N3OPS+. The zero-order chi connectivity index (χ0) is 21.4. The van der Waals surface area contributed by atoms with Crippen LogP contribution in [0.15, 0.2) is 97.2 Å². The van der Waals surface area contributed by atoms with Crippen LogP contribution >= 0.6 is 19.0 Å². The molecule has 4 rings (SSSR count). The van der Waals surface area contributed by atoms with E-state index in [-0.39, 0.29) is 5.12 Å². The molecule has 31 heavy (non-hydrogen) atoms. The lowest BCUT2D eigenvalue weighted by atomic mass is 10.4. The second kappa shape index (κ2) is 10.5. The number of aromatic amines is 1. The highest BCUT2D eigenvalue weighted by atomic mass is 32.2. The highest BCUT2D eigenvalue weighted by Crippen LogP contribution is 2.55. The van der Waals surface area contributed by atoms with Gasteiger partial charge in [0.05, 0.1) is 24.5 Å². The summed E-state index contributed by atoms with van der Waals surface area (Å²) in [6.45, 7) is 0. The fourth-order valence-corrected chi connectivity index (χ4v) is 9.02. The van der Waals surface area contributed by atoms with Crippen LogP contribution < -0.4 is 15.9 Å². The molecule has 0 radical (unpaired) electrons. The molecule has 0 bridgehead atoms. The van der Waals surface area contributed by atoms with E-state index in [1.165, 1.54) is 27.7 Å². The maximum atomic E-state index is 12.8. The standard InChI is InChI=1S/C25H25N3OPS/c29-25(31-19-17-21-20-26-28-27-21)16-18-30(22-10-4-1-5-11-22,23-12-6-2-7-13-23)24-14-8-3-9-15-24/h1-15,20H,16-19H2,(H,26,27,28)/q+1. The van der Waals surface area contributed by atoms with Crippen molar-refractivity contribution in [1.82, 2.24) is 15.4 Å². The number of H-pyrrole nitrogens is 1. The zero-order valence-corrected chi connectivity index (χ0v) is 18.9. The van der Waals surface area contributed by atoms with E-state index in [0.29, 0.717) is 6.42 Å². The lowest BCUT2D eigenvalue weighted by Gasteiger charge is -2.27. The van der Waals surface area contributed by atoms with Gasteiger partial charge < -0.3 is 0 Å². The van der Waals surface area contributed by atoms with E-state index in [9.17, 15) is 4.79 Å². The molecule has 0 amide bonds. The minimum atomic E-state index is -1.95. The zero-order valence-electron chi connectivity index (χ0n) is 17.2. The monoisotopic (exact) mass is 446 g/mol. The van der Waals surface area contributed by atoms with Crippen LogP contribution in [0, 0.1) is 0 Å². The van der Waals surface area contributed by atoms with Gasteiger partial charge in [0.15, 0.2) is 5.12 Å². The Morgan fingerprint density at radius 1 is 0.806 bits per heavy atom. The van der Waals surface area contributed by atoms with Gasteiger partial charge >= 0.3 is 0 Å². The maximum Gasteiger partial charge on any atom is 0.192 e. The fraction of sp³-hybridized carbons (Fsp3) is 0.160. The first-order valence-corrected chi connectivity index (χ1v) is 13.3. The lowest BCUT2D eigenvalue weighted by molar-refractivity contribution is -0.110. The van der Waals surface area contributed by atoms with Gasteiger partial charge in [0.2, 0.25) is 0 Å². The molecule has 0 aliphatic rings. The Balaban J connectivity index is 1.61. The first kappa shape index (κ1) is 21.5. The fourth-order valence-electron chi connectivity index (χ4n) is 3.83. The molecule has 0 atom stereocenters. The van der Waals surface area contributed by atoms with E-state index in [1.54, 1.807) is 6.20 Å². The van der Waals surface area contributed by atoms with Crippen LogP contribution in [0.25, 0.3) is 0 Å². The second-order valence-corrected chi connectivity index (χ2v) is 12.0. The topological polar surface area (TPSA) is 58.6 Å². The van der Waals surface area contributed by atoms with E-state index in [0.717, 1.165) is 24.0 Å². The van der Waals surface area contributed by atoms with Gasteiger partial charge in [-0.1, -0.05) is 66.4 Å². The quantitative estimate of drug-likeness (QED) is 0.395. The summed E-state index contributed by atoms with van der Waals surface area (Å²) in [6, 6.07) is 32.1. The number of benzene rings is 3. The molecule has 0 saturated heterocycles. The van der Waals surface area contributed by atoms with Gasteiger partial charge in [0.25, 0.3) is 0 Å². The van der Waals surface area contributed by atoms with Crippen LogP contribution in [0.3, 0.4) is 0 Å². The molecule has 1 N–H and O–H groups in total. The molecule has 0 fully saturated rings. The van der Waals surface area contributed by atoms with Gasteiger partial charge in [-0.3, -0.25) is 4.79 Å². The Labute approximate surface area is 187 Å². The van der Waals surface area contributed by atoms with E-state index >= 15 is 0 Å². The summed E-state index contributed by atoms with van der Waals surface area (Å²) in [5.74, 6) is 0.721. The van der Waals surface area contributed by atoms with Crippen LogP contribution in [-0.4, -0.2) is 32.4 Å². The molecule has 0 spiro atoms. The average molecular weight is 447 g/mol. The van der Waals surface area contributed by atoms with Gasteiger partial charge in [-0.2, -0.15) is 15.4 Å². The Kier molecular flexibility index (Phi) is 7.29. The molecule has 0 saturated carbocycles. The number of thioether (sulfide) groups is 1. The molecule has 0 aliphatic heterocycles. The lowest BCUT2D eigenvalue weighted by Crippen LogP contribution is -2.33. The van der Waals surface area contributed by atoms with E-state index in [4.69, 9.17) is 0 Å². The number of hydrogen-bond donors (Lipinski definition) is 1. The Morgan fingerprint density at radius 3 is 1.77 bits per heavy atom. The summed E-state index contributed by atoms with van der Waals surface area (Å²) in [5.41, 5.74) is 0.889. The third kappa shape index (κ3) is 5.12. The average Bonchev–Trinajstić information content (AvgIpc) is 3.35. The maximum absolute atomic E-state index is 12.8. The van der Waals surface area contributed by atoms with Crippen LogP contribution in [-0.2, 0) is 11.2 Å². The van der Waals surface area contributed by atoms with Crippen molar-refractivity contribution in [2.75, 3.05) is 11.9 Å². The number of nitrogens with zero attached hydrogens (tertiary/aromatic N) is 2. The van der Waals surface area contributed by atoms with Crippen molar-refractivity contribution in [3.63, 3.8) is 0 Å². The molecule has 1 heterocycles. The summed E-state index contributed by atoms with van der Waals surface area (Å²) in [4.78, 5) is 12.8. The number of carbonyl (C=O) groups excluding carboxylic acids is 1. The van der Waals surface area contributed by atoms with Crippen LogP contribution in [0.2, 0.25) is 0 Å². The number of nitrogens with one attached hydrogen (secondary N) is 1. The molecular weight excluding hydrogens is 421 g/mol. The number of hydrogen-bond acceptors (Lipinski definition) is 4. The molecule has 4 aromatic rings. The van der Waals surface area contributed by atoms with Gasteiger partial charge in [-0.25, -0.2) is 0 Å². The smallest absolute Gasteiger partial charge is 0.192 e. The SMILES string of the molecule is O=C(CC[P+](c1ccccc1)(c1ccccc1)c1ccccc1)SCCc1cn[nH]n1. The molecule has 6 heteroatoms. The Bertz CT molecular complexity index is 977. The van der Waals surface area contributed by atoms with Gasteiger partial charge in [-0.15, -0.1) is 0 Å². The van der Waals surface area contributed by atoms with Crippen LogP contribution in [0.5, 0.6) is 0 Å². The summed E-state index contributed by atoms with van der Waals surface area (Å²) in [5, 5.41) is 14.7. The molecule has 0 aliphatic carbocycles. The summed E-state index contributed by atoms with van der Waals surface area (Å²) < 4.78 is 0. The predicted octanol–water partition coefficient (Wildman–Crippen LogP) is 3.99.